The van der Waals surface area contributed by atoms with Gasteiger partial charge in [-0.05, 0) is 25.8 Å². The average Bonchev–Trinajstić information content (AvgIpc) is 2.91. The van der Waals surface area contributed by atoms with E-state index >= 15 is 0 Å². The summed E-state index contributed by atoms with van der Waals surface area (Å²) in [5.74, 6) is 0. The lowest BCUT2D eigenvalue weighted by Gasteiger charge is -2.08. The molecule has 1 N–H and O–H groups in total. The summed E-state index contributed by atoms with van der Waals surface area (Å²) in [4.78, 5) is 0. The number of aromatic nitrogens is 1. The summed E-state index contributed by atoms with van der Waals surface area (Å²) in [5, 5.41) is 11.5. The molecule has 1 aromatic heterocycles. The van der Waals surface area contributed by atoms with Gasteiger partial charge in [0.25, 0.3) is 0 Å². The second kappa shape index (κ2) is 2.64. The van der Waals surface area contributed by atoms with Crippen LogP contribution in [0.2, 0.25) is 0 Å². The minimum absolute atomic E-state index is 0.537. The highest BCUT2D eigenvalue weighted by atomic mass is 16.3. The van der Waals surface area contributed by atoms with E-state index in [1.54, 1.807) is 0 Å². The van der Waals surface area contributed by atoms with Crippen molar-refractivity contribution in [1.82, 2.24) is 4.57 Å². The summed E-state index contributed by atoms with van der Waals surface area (Å²) in [6.45, 7) is 2.09. The maximum atomic E-state index is 10.3. The quantitative estimate of drug-likeness (QED) is 0.753. The standard InChI is InChI=1S/C13H15NO/c1-9-12(13(15)7-8-13)10-5-3-4-6-11(10)14(9)2/h3-6,15H,7-8H2,1-2H3. The van der Waals surface area contributed by atoms with Crippen LogP contribution in [0.4, 0.5) is 0 Å². The third-order valence-electron chi connectivity index (χ3n) is 3.59. The van der Waals surface area contributed by atoms with Gasteiger partial charge in [-0.2, -0.15) is 0 Å². The molecule has 1 fully saturated rings. The van der Waals surface area contributed by atoms with Crippen molar-refractivity contribution in [2.75, 3.05) is 0 Å². The van der Waals surface area contributed by atoms with Gasteiger partial charge in [-0.1, -0.05) is 18.2 Å². The van der Waals surface area contributed by atoms with Crippen LogP contribution in [0.15, 0.2) is 24.3 Å². The molecule has 1 aromatic carbocycles. The van der Waals surface area contributed by atoms with Crippen LogP contribution in [0.3, 0.4) is 0 Å². The molecule has 0 radical (unpaired) electrons. The van der Waals surface area contributed by atoms with Gasteiger partial charge in [-0.3, -0.25) is 0 Å². The summed E-state index contributed by atoms with van der Waals surface area (Å²) >= 11 is 0. The van der Waals surface area contributed by atoms with E-state index in [9.17, 15) is 5.11 Å². The molecule has 1 heterocycles. The Bertz CT molecular complexity index is 535. The summed E-state index contributed by atoms with van der Waals surface area (Å²) in [7, 11) is 2.06. The van der Waals surface area contributed by atoms with Crippen LogP contribution in [0.5, 0.6) is 0 Å². The van der Waals surface area contributed by atoms with Gasteiger partial charge in [0.1, 0.15) is 0 Å². The second-order valence-electron chi connectivity index (χ2n) is 4.57. The Morgan fingerprint density at radius 3 is 2.60 bits per heavy atom. The predicted molar refractivity (Wildman–Crippen MR) is 60.8 cm³/mol. The van der Waals surface area contributed by atoms with Gasteiger partial charge in [-0.15, -0.1) is 0 Å². The van der Waals surface area contributed by atoms with Crippen molar-refractivity contribution in [1.29, 1.82) is 0 Å². The molecule has 2 aromatic rings. The zero-order chi connectivity index (χ0) is 10.6. The number of aryl methyl sites for hydroxylation is 1. The van der Waals surface area contributed by atoms with Crippen molar-refractivity contribution in [3.63, 3.8) is 0 Å². The summed E-state index contributed by atoms with van der Waals surface area (Å²) < 4.78 is 2.17. The van der Waals surface area contributed by atoms with Crippen molar-refractivity contribution in [2.24, 2.45) is 7.05 Å². The lowest BCUT2D eigenvalue weighted by molar-refractivity contribution is 0.152. The van der Waals surface area contributed by atoms with E-state index in [1.165, 1.54) is 16.6 Å². The molecule has 0 saturated heterocycles. The topological polar surface area (TPSA) is 25.2 Å². The number of fused-ring (bicyclic) bond motifs is 1. The molecule has 0 amide bonds. The Morgan fingerprint density at radius 2 is 1.93 bits per heavy atom. The van der Waals surface area contributed by atoms with E-state index in [-0.39, 0.29) is 0 Å². The van der Waals surface area contributed by atoms with E-state index in [1.807, 2.05) is 12.1 Å². The van der Waals surface area contributed by atoms with Crippen molar-refractivity contribution in [2.45, 2.75) is 25.4 Å². The molecule has 2 nitrogen and oxygen atoms in total. The fourth-order valence-corrected chi connectivity index (χ4v) is 2.48. The minimum Gasteiger partial charge on any atom is -0.385 e. The van der Waals surface area contributed by atoms with Gasteiger partial charge in [0.2, 0.25) is 0 Å². The molecule has 78 valence electrons. The van der Waals surface area contributed by atoms with E-state index < -0.39 is 5.60 Å². The van der Waals surface area contributed by atoms with Crippen LogP contribution in [0.25, 0.3) is 10.9 Å². The number of para-hydroxylation sites is 1. The van der Waals surface area contributed by atoms with Crippen molar-refractivity contribution >= 4 is 10.9 Å². The molecule has 0 bridgehead atoms. The maximum Gasteiger partial charge on any atom is 0.0922 e. The van der Waals surface area contributed by atoms with E-state index in [4.69, 9.17) is 0 Å². The van der Waals surface area contributed by atoms with Gasteiger partial charge in [-0.25, -0.2) is 0 Å². The molecular formula is C13H15NO. The number of hydrogen-bond donors (Lipinski definition) is 1. The maximum absolute atomic E-state index is 10.3. The first kappa shape index (κ1) is 8.98. The number of aliphatic hydroxyl groups is 1. The Hall–Kier alpha value is -1.28. The van der Waals surface area contributed by atoms with Crippen LogP contribution >= 0.6 is 0 Å². The minimum atomic E-state index is -0.537. The smallest absolute Gasteiger partial charge is 0.0922 e. The number of benzene rings is 1. The SMILES string of the molecule is Cc1c(C2(O)CC2)c2ccccc2n1C. The fourth-order valence-electron chi connectivity index (χ4n) is 2.48. The predicted octanol–water partition coefficient (Wildman–Crippen LogP) is 2.47. The number of rotatable bonds is 1. The zero-order valence-corrected chi connectivity index (χ0v) is 9.12. The molecule has 3 rings (SSSR count). The molecule has 0 spiro atoms. The zero-order valence-electron chi connectivity index (χ0n) is 9.12. The summed E-state index contributed by atoms with van der Waals surface area (Å²) in [5.41, 5.74) is 3.01. The lowest BCUT2D eigenvalue weighted by Crippen LogP contribution is -2.06. The molecule has 1 saturated carbocycles. The average molecular weight is 201 g/mol. The third-order valence-corrected chi connectivity index (χ3v) is 3.59. The van der Waals surface area contributed by atoms with Gasteiger partial charge in [0, 0.05) is 29.2 Å². The van der Waals surface area contributed by atoms with Gasteiger partial charge in [0.05, 0.1) is 5.60 Å². The molecule has 15 heavy (non-hydrogen) atoms. The fraction of sp³-hybridized carbons (Fsp3) is 0.385. The van der Waals surface area contributed by atoms with Crippen LogP contribution in [0.1, 0.15) is 24.1 Å². The molecule has 0 atom stereocenters. The van der Waals surface area contributed by atoms with Crippen LogP contribution < -0.4 is 0 Å². The highest BCUT2D eigenvalue weighted by molar-refractivity contribution is 5.86. The molecule has 1 aliphatic rings. The van der Waals surface area contributed by atoms with Gasteiger partial charge < -0.3 is 9.67 Å². The molecular weight excluding hydrogens is 186 g/mol. The van der Waals surface area contributed by atoms with E-state index in [0.29, 0.717) is 0 Å². The summed E-state index contributed by atoms with van der Waals surface area (Å²) in [6.07, 6.45) is 1.81. The van der Waals surface area contributed by atoms with Crippen molar-refractivity contribution in [3.05, 3.63) is 35.5 Å². The molecule has 0 aliphatic heterocycles. The first-order valence-corrected chi connectivity index (χ1v) is 5.40. The largest absolute Gasteiger partial charge is 0.385 e. The van der Waals surface area contributed by atoms with E-state index in [0.717, 1.165) is 18.4 Å². The highest BCUT2D eigenvalue weighted by Gasteiger charge is 2.45. The monoisotopic (exact) mass is 201 g/mol. The number of hydrogen-bond acceptors (Lipinski definition) is 1. The van der Waals surface area contributed by atoms with E-state index in [2.05, 4.69) is 30.7 Å². The number of nitrogens with zero attached hydrogens (tertiary/aromatic N) is 1. The van der Waals surface area contributed by atoms with Crippen molar-refractivity contribution < 1.29 is 5.11 Å². The molecule has 0 unspecified atom stereocenters. The third kappa shape index (κ3) is 1.08. The first-order chi connectivity index (χ1) is 7.13. The normalized spacial score (nSPS) is 18.3. The summed E-state index contributed by atoms with van der Waals surface area (Å²) in [6, 6.07) is 8.30. The first-order valence-electron chi connectivity index (χ1n) is 5.40. The highest BCUT2D eigenvalue weighted by Crippen LogP contribution is 2.49. The van der Waals surface area contributed by atoms with Gasteiger partial charge >= 0.3 is 0 Å². The molecule has 1 aliphatic carbocycles. The van der Waals surface area contributed by atoms with Crippen LogP contribution in [-0.2, 0) is 12.6 Å². The van der Waals surface area contributed by atoms with Crippen molar-refractivity contribution in [3.8, 4) is 0 Å². The Morgan fingerprint density at radius 1 is 1.27 bits per heavy atom. The Labute approximate surface area is 89.1 Å². The Balaban J connectivity index is 2.42. The van der Waals surface area contributed by atoms with Crippen LogP contribution in [0, 0.1) is 6.92 Å². The Kier molecular flexibility index (Phi) is 1.58. The molecule has 2 heteroatoms. The lowest BCUT2D eigenvalue weighted by atomic mass is 10.0. The van der Waals surface area contributed by atoms with Gasteiger partial charge in [0.15, 0.2) is 0 Å². The second-order valence-corrected chi connectivity index (χ2v) is 4.57. The van der Waals surface area contributed by atoms with Crippen LogP contribution in [-0.4, -0.2) is 9.67 Å².